The fraction of sp³-hybridized carbons (Fsp3) is 0.360. The van der Waals surface area contributed by atoms with Gasteiger partial charge in [0.1, 0.15) is 6.04 Å². The lowest BCUT2D eigenvalue weighted by Gasteiger charge is -2.31. The van der Waals surface area contributed by atoms with Crippen LogP contribution in [0.3, 0.4) is 0 Å². The highest BCUT2D eigenvalue weighted by atomic mass is 16.2. The van der Waals surface area contributed by atoms with E-state index in [1.165, 1.54) is 0 Å². The molecule has 0 N–H and O–H groups in total. The summed E-state index contributed by atoms with van der Waals surface area (Å²) in [5, 5.41) is 0. The number of fused-ring (bicyclic) bond motifs is 1. The first-order valence-corrected chi connectivity index (χ1v) is 11.1. The predicted molar refractivity (Wildman–Crippen MR) is 119 cm³/mol. The molecule has 7 nitrogen and oxygen atoms in total. The molecule has 1 saturated heterocycles. The maximum absolute atomic E-state index is 13.7. The highest BCUT2D eigenvalue weighted by Crippen LogP contribution is 2.27. The van der Waals surface area contributed by atoms with Crippen LogP contribution in [0.5, 0.6) is 0 Å². The van der Waals surface area contributed by atoms with Crippen molar-refractivity contribution in [3.05, 3.63) is 71.3 Å². The third-order valence-corrected chi connectivity index (χ3v) is 6.16. The quantitative estimate of drug-likeness (QED) is 0.679. The van der Waals surface area contributed by atoms with Crippen LogP contribution in [-0.4, -0.2) is 70.5 Å². The van der Waals surface area contributed by atoms with Gasteiger partial charge in [-0.15, -0.1) is 0 Å². The van der Waals surface area contributed by atoms with Gasteiger partial charge in [-0.25, -0.2) is 0 Å². The van der Waals surface area contributed by atoms with Gasteiger partial charge in [0.2, 0.25) is 11.8 Å². The topological polar surface area (TPSA) is 78.0 Å². The molecule has 0 spiro atoms. The summed E-state index contributed by atoms with van der Waals surface area (Å²) in [5.74, 6) is -1.05. The second kappa shape index (κ2) is 9.34. The average molecular weight is 434 g/mol. The number of amides is 4. The summed E-state index contributed by atoms with van der Waals surface area (Å²) in [6.45, 7) is 3.76. The van der Waals surface area contributed by atoms with Crippen LogP contribution in [0.1, 0.15) is 46.0 Å². The maximum Gasteiger partial charge on any atom is 0.262 e. The molecule has 2 aliphatic rings. The van der Waals surface area contributed by atoms with Crippen LogP contribution >= 0.6 is 0 Å². The van der Waals surface area contributed by atoms with Gasteiger partial charge in [-0.3, -0.25) is 24.1 Å². The summed E-state index contributed by atoms with van der Waals surface area (Å²) in [4.78, 5) is 56.7. The van der Waals surface area contributed by atoms with Crippen molar-refractivity contribution in [2.45, 2.75) is 32.2 Å². The second-order valence-electron chi connectivity index (χ2n) is 8.14. The minimum atomic E-state index is -0.932. The molecular weight excluding hydrogens is 406 g/mol. The largest absolute Gasteiger partial charge is 0.341 e. The molecule has 2 aliphatic heterocycles. The molecule has 1 atom stereocenters. The molecule has 0 aromatic heterocycles. The van der Waals surface area contributed by atoms with Gasteiger partial charge < -0.3 is 9.80 Å². The van der Waals surface area contributed by atoms with Gasteiger partial charge in [0.05, 0.1) is 11.1 Å². The van der Waals surface area contributed by atoms with Gasteiger partial charge in [0, 0.05) is 39.0 Å². The van der Waals surface area contributed by atoms with E-state index in [-0.39, 0.29) is 18.2 Å². The maximum atomic E-state index is 13.7. The van der Waals surface area contributed by atoms with E-state index in [2.05, 4.69) is 0 Å². The van der Waals surface area contributed by atoms with Crippen molar-refractivity contribution in [1.29, 1.82) is 0 Å². The minimum Gasteiger partial charge on any atom is -0.341 e. The molecule has 1 unspecified atom stereocenters. The first-order valence-electron chi connectivity index (χ1n) is 11.1. The molecule has 2 aromatic carbocycles. The number of hydrogen-bond donors (Lipinski definition) is 0. The zero-order valence-corrected chi connectivity index (χ0v) is 18.2. The number of carbonyl (C=O) groups is 4. The van der Waals surface area contributed by atoms with Crippen molar-refractivity contribution >= 4 is 23.6 Å². The normalized spacial score (nSPS) is 17.2. The van der Waals surface area contributed by atoms with Crippen molar-refractivity contribution in [3.8, 4) is 0 Å². The highest BCUT2D eigenvalue weighted by Gasteiger charge is 2.44. The first-order chi connectivity index (χ1) is 15.5. The molecule has 1 fully saturated rings. The van der Waals surface area contributed by atoms with Crippen LogP contribution in [0.15, 0.2) is 54.6 Å². The summed E-state index contributed by atoms with van der Waals surface area (Å²) < 4.78 is 0. The summed E-state index contributed by atoms with van der Waals surface area (Å²) in [7, 11) is 0. The van der Waals surface area contributed by atoms with Gasteiger partial charge in [-0.1, -0.05) is 49.4 Å². The van der Waals surface area contributed by atoms with Crippen molar-refractivity contribution in [3.63, 3.8) is 0 Å². The molecule has 166 valence electrons. The highest BCUT2D eigenvalue weighted by molar-refractivity contribution is 6.22. The van der Waals surface area contributed by atoms with E-state index in [1.54, 1.807) is 34.1 Å². The van der Waals surface area contributed by atoms with Crippen LogP contribution in [0.4, 0.5) is 0 Å². The standard InChI is InChI=1S/C25H27N3O4/c1-2-22(29)26-13-8-14-27(16-15-26)25(32)21(17-18-9-4-3-5-10-18)28-23(30)19-11-6-7-12-20(19)24(28)31/h3-7,9-12,21H,2,8,13-17H2,1H3. The Morgan fingerprint density at radius 2 is 1.38 bits per heavy atom. The molecular formula is C25H27N3O4. The monoisotopic (exact) mass is 433 g/mol. The Hall–Kier alpha value is -3.48. The van der Waals surface area contributed by atoms with Crippen LogP contribution in [-0.2, 0) is 16.0 Å². The van der Waals surface area contributed by atoms with E-state index >= 15 is 0 Å². The Balaban J connectivity index is 1.62. The lowest BCUT2D eigenvalue weighted by Crippen LogP contribution is -2.52. The van der Waals surface area contributed by atoms with Crippen molar-refractivity contribution in [2.75, 3.05) is 26.2 Å². The van der Waals surface area contributed by atoms with Gasteiger partial charge >= 0.3 is 0 Å². The smallest absolute Gasteiger partial charge is 0.262 e. The Morgan fingerprint density at radius 1 is 0.812 bits per heavy atom. The van der Waals surface area contributed by atoms with E-state index < -0.39 is 17.9 Å². The van der Waals surface area contributed by atoms with Gasteiger partial charge in [0.15, 0.2) is 0 Å². The number of hydrogen-bond acceptors (Lipinski definition) is 4. The lowest BCUT2D eigenvalue weighted by molar-refractivity contribution is -0.136. The Kier molecular flexibility index (Phi) is 6.35. The molecule has 0 aliphatic carbocycles. The van der Waals surface area contributed by atoms with Gasteiger partial charge in [-0.2, -0.15) is 0 Å². The summed E-state index contributed by atoms with van der Waals surface area (Å²) in [5.41, 5.74) is 1.54. The molecule has 7 heteroatoms. The Bertz CT molecular complexity index is 1000. The van der Waals surface area contributed by atoms with Crippen LogP contribution in [0, 0.1) is 0 Å². The SMILES string of the molecule is CCC(=O)N1CCCN(C(=O)C(Cc2ccccc2)N2C(=O)c3ccccc3C2=O)CC1. The van der Waals surface area contributed by atoms with E-state index in [4.69, 9.17) is 0 Å². The van der Waals surface area contributed by atoms with Crippen LogP contribution < -0.4 is 0 Å². The summed E-state index contributed by atoms with van der Waals surface area (Å²) >= 11 is 0. The van der Waals surface area contributed by atoms with Crippen molar-refractivity contribution in [2.24, 2.45) is 0 Å². The molecule has 0 saturated carbocycles. The zero-order valence-electron chi connectivity index (χ0n) is 18.2. The van der Waals surface area contributed by atoms with Gasteiger partial charge in [0.25, 0.3) is 11.8 Å². The molecule has 32 heavy (non-hydrogen) atoms. The fourth-order valence-electron chi connectivity index (χ4n) is 4.44. The number of nitrogens with zero attached hydrogens (tertiary/aromatic N) is 3. The zero-order chi connectivity index (χ0) is 22.7. The first kappa shape index (κ1) is 21.7. The third kappa shape index (κ3) is 4.15. The molecule has 4 rings (SSSR count). The van der Waals surface area contributed by atoms with E-state index in [9.17, 15) is 19.2 Å². The van der Waals surface area contributed by atoms with Crippen LogP contribution in [0.2, 0.25) is 0 Å². The van der Waals surface area contributed by atoms with E-state index in [1.807, 2.05) is 37.3 Å². The number of benzene rings is 2. The van der Waals surface area contributed by atoms with E-state index in [0.717, 1.165) is 10.5 Å². The Morgan fingerprint density at radius 3 is 2.00 bits per heavy atom. The fourth-order valence-corrected chi connectivity index (χ4v) is 4.44. The molecule has 2 aromatic rings. The van der Waals surface area contributed by atoms with Crippen molar-refractivity contribution in [1.82, 2.24) is 14.7 Å². The molecule has 0 bridgehead atoms. The molecule has 4 amide bonds. The van der Waals surface area contributed by atoms with Crippen LogP contribution in [0.25, 0.3) is 0 Å². The predicted octanol–water partition coefficient (Wildman–Crippen LogP) is 2.36. The average Bonchev–Trinajstić information content (AvgIpc) is 2.98. The van der Waals surface area contributed by atoms with Gasteiger partial charge in [-0.05, 0) is 24.1 Å². The lowest BCUT2D eigenvalue weighted by atomic mass is 10.0. The minimum absolute atomic E-state index is 0.0699. The molecule has 2 heterocycles. The third-order valence-electron chi connectivity index (χ3n) is 6.16. The van der Waals surface area contributed by atoms with E-state index in [0.29, 0.717) is 50.1 Å². The summed E-state index contributed by atoms with van der Waals surface area (Å²) in [6, 6.07) is 15.2. The Labute approximate surface area is 187 Å². The molecule has 0 radical (unpaired) electrons. The van der Waals surface area contributed by atoms with Crippen molar-refractivity contribution < 1.29 is 19.2 Å². The number of carbonyl (C=O) groups excluding carboxylic acids is 4. The second-order valence-corrected chi connectivity index (χ2v) is 8.14. The summed E-state index contributed by atoms with van der Waals surface area (Å²) in [6.07, 6.45) is 1.34. The number of imide groups is 1. The number of rotatable bonds is 5.